The Morgan fingerprint density at radius 3 is 2.14 bits per heavy atom. The lowest BCUT2D eigenvalue weighted by Crippen LogP contribution is -2.11. The lowest BCUT2D eigenvalue weighted by Gasteiger charge is -2.09. The molecule has 21 heavy (non-hydrogen) atoms. The van der Waals surface area contributed by atoms with Crippen molar-refractivity contribution < 1.29 is 4.79 Å². The summed E-state index contributed by atoms with van der Waals surface area (Å²) in [6, 6.07) is 22.3. The number of carbonyl (C=O) groups excluding carboxylic acids is 1. The molecule has 0 heterocycles. The first-order valence-electron chi connectivity index (χ1n) is 6.88. The van der Waals surface area contributed by atoms with E-state index in [1.54, 1.807) is 6.07 Å². The summed E-state index contributed by atoms with van der Waals surface area (Å²) in [4.78, 5) is 11.7. The van der Waals surface area contributed by atoms with E-state index < -0.39 is 0 Å². The van der Waals surface area contributed by atoms with Gasteiger partial charge in [-0.3, -0.25) is 4.79 Å². The number of nitrogens with two attached hydrogens (primary N) is 1. The van der Waals surface area contributed by atoms with Gasteiger partial charge in [0, 0.05) is 10.9 Å². The first-order valence-corrected chi connectivity index (χ1v) is 6.88. The summed E-state index contributed by atoms with van der Waals surface area (Å²) in [7, 11) is 0. The second-order valence-electron chi connectivity index (χ2n) is 5.25. The van der Waals surface area contributed by atoms with Crippen molar-refractivity contribution in [2.45, 2.75) is 0 Å². The van der Waals surface area contributed by atoms with Crippen LogP contribution in [0.5, 0.6) is 0 Å². The zero-order valence-corrected chi connectivity index (χ0v) is 11.3. The van der Waals surface area contributed by atoms with Gasteiger partial charge < -0.3 is 5.73 Å². The van der Waals surface area contributed by atoms with E-state index in [-0.39, 0.29) is 5.91 Å². The standard InChI is InChI=1S/C19H13NO/c20-19(21)16-7-3-6-12-8-9-15-10-13-4-1-2-5-14(13)11-17(15)18(12)16/h1-11H,(H2,20,21). The summed E-state index contributed by atoms with van der Waals surface area (Å²) in [5, 5.41) is 6.52. The molecule has 4 aromatic carbocycles. The SMILES string of the molecule is NC(=O)c1cccc2ccc3cc4ccccc4cc3c12. The van der Waals surface area contributed by atoms with E-state index in [0.29, 0.717) is 5.56 Å². The minimum atomic E-state index is -0.388. The van der Waals surface area contributed by atoms with Crippen molar-refractivity contribution in [1.82, 2.24) is 0 Å². The van der Waals surface area contributed by atoms with Crippen LogP contribution in [0.1, 0.15) is 10.4 Å². The van der Waals surface area contributed by atoms with Crippen molar-refractivity contribution in [2.24, 2.45) is 5.73 Å². The van der Waals surface area contributed by atoms with Crippen molar-refractivity contribution in [3.63, 3.8) is 0 Å². The van der Waals surface area contributed by atoms with Crippen LogP contribution in [0, 0.1) is 0 Å². The third-order valence-electron chi connectivity index (χ3n) is 3.99. The van der Waals surface area contributed by atoms with E-state index in [0.717, 1.165) is 26.9 Å². The summed E-state index contributed by atoms with van der Waals surface area (Å²) in [5.41, 5.74) is 6.12. The van der Waals surface area contributed by atoms with Gasteiger partial charge in [0.1, 0.15) is 0 Å². The first kappa shape index (κ1) is 11.9. The van der Waals surface area contributed by atoms with Crippen LogP contribution in [0.2, 0.25) is 0 Å². The Labute approximate surface area is 121 Å². The van der Waals surface area contributed by atoms with Gasteiger partial charge in [-0.05, 0) is 45.1 Å². The van der Waals surface area contributed by atoms with Gasteiger partial charge in [-0.15, -0.1) is 0 Å². The maximum absolute atomic E-state index is 11.7. The maximum Gasteiger partial charge on any atom is 0.249 e. The quantitative estimate of drug-likeness (QED) is 0.408. The van der Waals surface area contributed by atoms with Gasteiger partial charge in [0.2, 0.25) is 5.91 Å². The van der Waals surface area contributed by atoms with Crippen LogP contribution in [-0.4, -0.2) is 5.91 Å². The monoisotopic (exact) mass is 271 g/mol. The molecule has 0 saturated heterocycles. The van der Waals surface area contributed by atoms with E-state index in [1.807, 2.05) is 30.3 Å². The smallest absolute Gasteiger partial charge is 0.249 e. The van der Waals surface area contributed by atoms with Crippen LogP contribution in [-0.2, 0) is 0 Å². The van der Waals surface area contributed by atoms with Crippen LogP contribution in [0.3, 0.4) is 0 Å². The lowest BCUT2D eigenvalue weighted by atomic mass is 9.95. The third kappa shape index (κ3) is 1.77. The van der Waals surface area contributed by atoms with Gasteiger partial charge in [0.25, 0.3) is 0 Å². The number of hydrogen-bond acceptors (Lipinski definition) is 1. The fourth-order valence-corrected chi connectivity index (χ4v) is 3.01. The van der Waals surface area contributed by atoms with E-state index >= 15 is 0 Å². The van der Waals surface area contributed by atoms with E-state index in [4.69, 9.17) is 5.73 Å². The fourth-order valence-electron chi connectivity index (χ4n) is 3.01. The van der Waals surface area contributed by atoms with Crippen LogP contribution >= 0.6 is 0 Å². The Bertz CT molecular complexity index is 1020. The molecule has 4 aromatic rings. The fraction of sp³-hybridized carbons (Fsp3) is 0. The lowest BCUT2D eigenvalue weighted by molar-refractivity contribution is 0.100. The summed E-state index contributed by atoms with van der Waals surface area (Å²) in [6.07, 6.45) is 0. The Balaban J connectivity index is 2.26. The molecule has 2 N–H and O–H groups in total. The number of carbonyl (C=O) groups is 1. The Hall–Kier alpha value is -2.87. The summed E-state index contributed by atoms with van der Waals surface area (Å²) >= 11 is 0. The molecule has 0 saturated carbocycles. The minimum absolute atomic E-state index is 0.388. The van der Waals surface area contributed by atoms with Gasteiger partial charge in [0.15, 0.2) is 0 Å². The third-order valence-corrected chi connectivity index (χ3v) is 3.99. The molecule has 0 atom stereocenters. The molecule has 100 valence electrons. The highest BCUT2D eigenvalue weighted by Gasteiger charge is 2.10. The molecule has 2 nitrogen and oxygen atoms in total. The number of amides is 1. The van der Waals surface area contributed by atoms with Crippen molar-refractivity contribution in [2.75, 3.05) is 0 Å². The minimum Gasteiger partial charge on any atom is -0.366 e. The summed E-state index contributed by atoms with van der Waals surface area (Å²) in [6.45, 7) is 0. The zero-order valence-electron chi connectivity index (χ0n) is 11.3. The predicted molar refractivity (Wildman–Crippen MR) is 87.5 cm³/mol. The van der Waals surface area contributed by atoms with Crippen LogP contribution in [0.25, 0.3) is 32.3 Å². The predicted octanol–water partition coefficient (Wildman–Crippen LogP) is 4.25. The van der Waals surface area contributed by atoms with Gasteiger partial charge in [-0.1, -0.05) is 48.5 Å². The average Bonchev–Trinajstić information content (AvgIpc) is 2.52. The maximum atomic E-state index is 11.7. The van der Waals surface area contributed by atoms with Crippen LogP contribution < -0.4 is 5.73 Å². The van der Waals surface area contributed by atoms with E-state index in [2.05, 4.69) is 30.3 Å². The highest BCUT2D eigenvalue weighted by Crippen LogP contribution is 2.31. The number of hydrogen-bond donors (Lipinski definition) is 1. The number of primary amides is 1. The molecule has 0 aliphatic heterocycles. The molecule has 0 unspecified atom stereocenters. The average molecular weight is 271 g/mol. The molecular formula is C19H13NO. The molecule has 0 bridgehead atoms. The molecule has 2 heteroatoms. The first-order chi connectivity index (χ1) is 10.2. The Morgan fingerprint density at radius 1 is 0.714 bits per heavy atom. The number of rotatable bonds is 1. The second kappa shape index (κ2) is 4.32. The van der Waals surface area contributed by atoms with Crippen LogP contribution in [0.15, 0.2) is 66.7 Å². The normalized spacial score (nSPS) is 11.2. The molecule has 0 aliphatic rings. The molecule has 1 amide bonds. The van der Waals surface area contributed by atoms with Gasteiger partial charge in [0.05, 0.1) is 0 Å². The van der Waals surface area contributed by atoms with Gasteiger partial charge in [-0.2, -0.15) is 0 Å². The van der Waals surface area contributed by atoms with Crippen molar-refractivity contribution in [1.29, 1.82) is 0 Å². The molecule has 0 spiro atoms. The molecule has 0 aliphatic carbocycles. The van der Waals surface area contributed by atoms with Crippen molar-refractivity contribution >= 4 is 38.2 Å². The molecular weight excluding hydrogens is 258 g/mol. The highest BCUT2D eigenvalue weighted by molar-refractivity contribution is 6.19. The summed E-state index contributed by atoms with van der Waals surface area (Å²) in [5.74, 6) is -0.388. The molecule has 0 fully saturated rings. The Kier molecular flexibility index (Phi) is 2.45. The number of benzene rings is 4. The van der Waals surface area contributed by atoms with Gasteiger partial charge >= 0.3 is 0 Å². The summed E-state index contributed by atoms with van der Waals surface area (Å²) < 4.78 is 0. The van der Waals surface area contributed by atoms with E-state index in [9.17, 15) is 4.79 Å². The largest absolute Gasteiger partial charge is 0.366 e. The van der Waals surface area contributed by atoms with Crippen LogP contribution in [0.4, 0.5) is 0 Å². The number of fused-ring (bicyclic) bond motifs is 4. The molecule has 4 rings (SSSR count). The molecule has 0 aromatic heterocycles. The zero-order chi connectivity index (χ0) is 14.4. The van der Waals surface area contributed by atoms with Crippen molar-refractivity contribution in [3.05, 3.63) is 72.3 Å². The molecule has 0 radical (unpaired) electrons. The second-order valence-corrected chi connectivity index (χ2v) is 5.25. The van der Waals surface area contributed by atoms with Crippen molar-refractivity contribution in [3.8, 4) is 0 Å². The van der Waals surface area contributed by atoms with Gasteiger partial charge in [-0.25, -0.2) is 0 Å². The Morgan fingerprint density at radius 2 is 1.38 bits per heavy atom. The van der Waals surface area contributed by atoms with E-state index in [1.165, 1.54) is 5.39 Å². The topological polar surface area (TPSA) is 43.1 Å². The highest BCUT2D eigenvalue weighted by atomic mass is 16.1.